The quantitative estimate of drug-likeness (QED) is 0.431. The first-order valence-corrected chi connectivity index (χ1v) is 10.5. The molecule has 1 aromatic rings. The van der Waals surface area contributed by atoms with E-state index in [-0.39, 0.29) is 11.9 Å². The fourth-order valence-corrected chi connectivity index (χ4v) is 5.53. The average molecular weight is 400 g/mol. The van der Waals surface area contributed by atoms with Crippen LogP contribution in [0.25, 0.3) is 0 Å². The van der Waals surface area contributed by atoms with Crippen LogP contribution in [0.3, 0.4) is 0 Å². The second-order valence-corrected chi connectivity index (χ2v) is 8.63. The van der Waals surface area contributed by atoms with Crippen LogP contribution in [0.15, 0.2) is 6.07 Å². The third kappa shape index (κ3) is 3.91. The highest BCUT2D eigenvalue weighted by molar-refractivity contribution is 8.02. The van der Waals surface area contributed by atoms with Crippen molar-refractivity contribution >= 4 is 40.9 Å². The molecule has 1 N–H and O–H groups in total. The van der Waals surface area contributed by atoms with Crippen molar-refractivity contribution in [3.8, 4) is 0 Å². The molecule has 1 aromatic heterocycles. The van der Waals surface area contributed by atoms with Gasteiger partial charge in [-0.05, 0) is 25.0 Å². The Bertz CT molecular complexity index is 677. The van der Waals surface area contributed by atoms with Gasteiger partial charge < -0.3 is 14.8 Å². The van der Waals surface area contributed by atoms with Gasteiger partial charge in [0, 0.05) is 23.1 Å². The summed E-state index contributed by atoms with van der Waals surface area (Å²) in [6.45, 7) is 6.65. The smallest absolute Gasteiger partial charge is 0.348 e. The number of thioether (sulfide) groups is 1. The van der Waals surface area contributed by atoms with E-state index in [4.69, 9.17) is 9.47 Å². The molecule has 1 aliphatic rings. The molecule has 0 saturated carbocycles. The number of aryl methyl sites for hydroxylation is 1. The zero-order valence-electron chi connectivity index (χ0n) is 15.5. The van der Waals surface area contributed by atoms with Gasteiger partial charge in [-0.25, -0.2) is 9.59 Å². The monoisotopic (exact) mass is 399 g/mol. The van der Waals surface area contributed by atoms with Crippen molar-refractivity contribution in [3.05, 3.63) is 21.4 Å². The molecule has 2 unspecified atom stereocenters. The number of amides is 1. The van der Waals surface area contributed by atoms with E-state index < -0.39 is 16.6 Å². The summed E-state index contributed by atoms with van der Waals surface area (Å²) < 4.78 is 8.89. The molecule has 0 aliphatic carbocycles. The lowest BCUT2D eigenvalue weighted by molar-refractivity contribution is -0.148. The van der Waals surface area contributed by atoms with Crippen LogP contribution in [0.2, 0.25) is 0 Å². The maximum Gasteiger partial charge on any atom is 0.348 e. The average Bonchev–Trinajstić information content (AvgIpc) is 3.03. The van der Waals surface area contributed by atoms with E-state index >= 15 is 0 Å². The van der Waals surface area contributed by atoms with Gasteiger partial charge in [0.25, 0.3) is 0 Å². The summed E-state index contributed by atoms with van der Waals surface area (Å²) >= 11 is 2.58. The molecule has 1 fully saturated rings. The van der Waals surface area contributed by atoms with Crippen LogP contribution in [0.5, 0.6) is 0 Å². The lowest BCUT2D eigenvalue weighted by atomic mass is 9.88. The number of hydrogen-bond acceptors (Lipinski definition) is 7. The van der Waals surface area contributed by atoms with Crippen molar-refractivity contribution in [3.63, 3.8) is 0 Å². The van der Waals surface area contributed by atoms with Crippen LogP contribution < -0.4 is 5.32 Å². The number of hydrogen-bond donors (Lipinski definition) is 1. The molecule has 0 radical (unpaired) electrons. The predicted octanol–water partition coefficient (Wildman–Crippen LogP) is 2.89. The molecule has 8 heteroatoms. The van der Waals surface area contributed by atoms with Gasteiger partial charge in [0.05, 0.1) is 13.7 Å². The van der Waals surface area contributed by atoms with Gasteiger partial charge in [-0.15, -0.1) is 23.1 Å². The van der Waals surface area contributed by atoms with Gasteiger partial charge in [-0.2, -0.15) is 0 Å². The van der Waals surface area contributed by atoms with Crippen LogP contribution >= 0.6 is 23.1 Å². The summed E-state index contributed by atoms with van der Waals surface area (Å²) in [6.07, 6.45) is 1.77. The van der Waals surface area contributed by atoms with Crippen LogP contribution in [0, 0.1) is 6.92 Å². The Kier molecular flexibility index (Phi) is 7.11. The number of nitrogens with one attached hydrogen (secondary N) is 1. The number of unbranched alkanes of at least 4 members (excludes halogenated alkanes) is 1. The van der Waals surface area contributed by atoms with Gasteiger partial charge >= 0.3 is 11.9 Å². The Morgan fingerprint density at radius 1 is 1.42 bits per heavy atom. The van der Waals surface area contributed by atoms with E-state index in [2.05, 4.69) is 5.32 Å². The topological polar surface area (TPSA) is 81.7 Å². The van der Waals surface area contributed by atoms with Crippen molar-refractivity contribution in [2.24, 2.45) is 0 Å². The summed E-state index contributed by atoms with van der Waals surface area (Å²) in [5, 5.41) is 2.77. The van der Waals surface area contributed by atoms with E-state index in [1.54, 1.807) is 6.07 Å². The van der Waals surface area contributed by atoms with Gasteiger partial charge in [0.2, 0.25) is 5.91 Å². The lowest BCUT2D eigenvalue weighted by Gasteiger charge is -2.37. The first kappa shape index (κ1) is 20.8. The minimum atomic E-state index is -1.34. The molecule has 1 aliphatic heterocycles. The minimum Gasteiger partial charge on any atom is -0.468 e. The van der Waals surface area contributed by atoms with Crippen LogP contribution in [-0.2, 0) is 19.1 Å². The van der Waals surface area contributed by atoms with Crippen molar-refractivity contribution in [2.45, 2.75) is 44.3 Å². The van der Waals surface area contributed by atoms with Crippen molar-refractivity contribution in [2.75, 3.05) is 26.0 Å². The number of thiophene rings is 1. The number of carbonyl (C=O) groups excluding carboxylic acids is 3. The molecule has 144 valence electrons. The highest BCUT2D eigenvalue weighted by Gasteiger charge is 2.54. The fraction of sp³-hybridized carbons (Fsp3) is 0.611. The first-order valence-electron chi connectivity index (χ1n) is 8.66. The predicted molar refractivity (Wildman–Crippen MR) is 103 cm³/mol. The standard InChI is InChI=1S/C18H25NO5S2/c1-5-6-8-24-15(20)13-10-11(2)14(26-13)12(3)18(17(22)23-4)16(21)19-7-9-25-18/h10,12H,5-9H2,1-4H3,(H,19,21). The maximum atomic E-state index is 12.6. The Balaban J connectivity index is 2.32. The van der Waals surface area contributed by atoms with Crippen LogP contribution in [0.1, 0.15) is 52.7 Å². The summed E-state index contributed by atoms with van der Waals surface area (Å²) in [6, 6.07) is 1.77. The molecule has 0 spiro atoms. The Hall–Kier alpha value is -1.54. The Morgan fingerprint density at radius 2 is 2.15 bits per heavy atom. The third-order valence-electron chi connectivity index (χ3n) is 4.43. The zero-order chi connectivity index (χ0) is 19.3. The van der Waals surface area contributed by atoms with Gasteiger partial charge in [0.1, 0.15) is 4.88 Å². The SMILES string of the molecule is CCCCOC(=O)c1cc(C)c(C(C)C2(C(=O)OC)SCCNC2=O)s1. The summed E-state index contributed by atoms with van der Waals surface area (Å²) in [5.41, 5.74) is 0.868. The second kappa shape index (κ2) is 8.90. The molecule has 2 rings (SSSR count). The Morgan fingerprint density at radius 3 is 2.77 bits per heavy atom. The van der Waals surface area contributed by atoms with E-state index in [1.807, 2.05) is 20.8 Å². The van der Waals surface area contributed by atoms with Crippen LogP contribution in [-0.4, -0.2) is 48.6 Å². The maximum absolute atomic E-state index is 12.6. The van der Waals surface area contributed by atoms with E-state index in [9.17, 15) is 14.4 Å². The third-order valence-corrected chi connectivity index (χ3v) is 7.40. The fourth-order valence-electron chi connectivity index (χ4n) is 2.97. The largest absolute Gasteiger partial charge is 0.468 e. The summed E-state index contributed by atoms with van der Waals surface area (Å²) in [7, 11) is 1.29. The van der Waals surface area contributed by atoms with Gasteiger partial charge in [0.15, 0.2) is 4.75 Å². The molecule has 2 heterocycles. The van der Waals surface area contributed by atoms with E-state index in [1.165, 1.54) is 30.2 Å². The molecule has 1 saturated heterocycles. The lowest BCUT2D eigenvalue weighted by Crippen LogP contribution is -2.57. The number of rotatable bonds is 7. The molecule has 26 heavy (non-hydrogen) atoms. The summed E-state index contributed by atoms with van der Waals surface area (Å²) in [5.74, 6) is -1.07. The molecule has 2 atom stereocenters. The molecular weight excluding hydrogens is 374 g/mol. The number of methoxy groups -OCH3 is 1. The molecule has 0 bridgehead atoms. The van der Waals surface area contributed by atoms with Crippen molar-refractivity contribution in [1.29, 1.82) is 0 Å². The number of esters is 2. The summed E-state index contributed by atoms with van der Waals surface area (Å²) in [4.78, 5) is 38.7. The normalized spacial score (nSPS) is 21.0. The molecule has 1 amide bonds. The minimum absolute atomic E-state index is 0.340. The first-order chi connectivity index (χ1) is 12.4. The molecule has 0 aromatic carbocycles. The zero-order valence-corrected chi connectivity index (χ0v) is 17.2. The van der Waals surface area contributed by atoms with Crippen LogP contribution in [0.4, 0.5) is 0 Å². The van der Waals surface area contributed by atoms with E-state index in [0.29, 0.717) is 23.8 Å². The van der Waals surface area contributed by atoms with E-state index in [0.717, 1.165) is 23.3 Å². The molecular formula is C18H25NO5S2. The van der Waals surface area contributed by atoms with Crippen molar-refractivity contribution in [1.82, 2.24) is 5.32 Å². The van der Waals surface area contributed by atoms with Crippen molar-refractivity contribution < 1.29 is 23.9 Å². The highest BCUT2D eigenvalue weighted by atomic mass is 32.2. The molecule has 6 nitrogen and oxygen atoms in total. The second-order valence-electron chi connectivity index (χ2n) is 6.20. The van der Waals surface area contributed by atoms with Gasteiger partial charge in [-0.1, -0.05) is 20.3 Å². The number of ether oxygens (including phenoxy) is 2. The Labute approximate surface area is 162 Å². The highest BCUT2D eigenvalue weighted by Crippen LogP contribution is 2.45. The number of carbonyl (C=O) groups is 3. The van der Waals surface area contributed by atoms with Gasteiger partial charge in [-0.3, -0.25) is 4.79 Å².